The first kappa shape index (κ1) is 15.8. The van der Waals surface area contributed by atoms with E-state index >= 15 is 0 Å². The van der Waals surface area contributed by atoms with Gasteiger partial charge in [0.05, 0.1) is 10.6 Å². The number of halogens is 1. The minimum Gasteiger partial charge on any atom is -0.371 e. The van der Waals surface area contributed by atoms with Gasteiger partial charge in [-0.25, -0.2) is 12.8 Å². The maximum Gasteiger partial charge on any atom is 0.261 e. The molecule has 1 aliphatic rings. The van der Waals surface area contributed by atoms with Gasteiger partial charge in [-0.15, -0.1) is 0 Å². The zero-order valence-electron chi connectivity index (χ0n) is 12.9. The second-order valence-electron chi connectivity index (χ2n) is 5.76. The van der Waals surface area contributed by atoms with Crippen LogP contribution in [-0.4, -0.2) is 21.5 Å². The number of benzene rings is 2. The molecule has 0 atom stereocenters. The van der Waals surface area contributed by atoms with E-state index in [1.165, 1.54) is 18.2 Å². The van der Waals surface area contributed by atoms with Gasteiger partial charge in [0.1, 0.15) is 5.82 Å². The summed E-state index contributed by atoms with van der Waals surface area (Å²) in [4.78, 5) is 2.29. The number of nitrogens with zero attached hydrogens (tertiary/aromatic N) is 1. The second-order valence-corrected chi connectivity index (χ2v) is 7.44. The topological polar surface area (TPSA) is 49.4 Å². The highest BCUT2D eigenvalue weighted by molar-refractivity contribution is 7.92. The number of hydrogen-bond acceptors (Lipinski definition) is 3. The van der Waals surface area contributed by atoms with Crippen molar-refractivity contribution in [3.63, 3.8) is 0 Å². The van der Waals surface area contributed by atoms with E-state index in [2.05, 4.69) is 9.62 Å². The van der Waals surface area contributed by atoms with Crippen LogP contribution in [0.15, 0.2) is 47.4 Å². The van der Waals surface area contributed by atoms with Crippen molar-refractivity contribution in [2.45, 2.75) is 24.7 Å². The molecule has 122 valence electrons. The molecule has 0 radical (unpaired) electrons. The van der Waals surface area contributed by atoms with Crippen molar-refractivity contribution in [2.24, 2.45) is 0 Å². The minimum absolute atomic E-state index is 0.0583. The van der Waals surface area contributed by atoms with Crippen molar-refractivity contribution in [1.82, 2.24) is 0 Å². The van der Waals surface area contributed by atoms with E-state index in [-0.39, 0.29) is 4.90 Å². The van der Waals surface area contributed by atoms with Gasteiger partial charge in [0.15, 0.2) is 0 Å². The molecule has 2 aromatic carbocycles. The van der Waals surface area contributed by atoms with Gasteiger partial charge in [-0.2, -0.15) is 0 Å². The van der Waals surface area contributed by atoms with E-state index in [4.69, 9.17) is 0 Å². The summed E-state index contributed by atoms with van der Waals surface area (Å²) in [7, 11) is -3.73. The summed E-state index contributed by atoms with van der Waals surface area (Å²) in [5.41, 5.74) is 1.83. The molecule has 3 rings (SSSR count). The Labute approximate surface area is 136 Å². The SMILES string of the molecule is Cc1cc(S(=O)(=O)Nc2cccc(N3CCCC3)c2)ccc1F. The van der Waals surface area contributed by atoms with Gasteiger partial charge in [-0.1, -0.05) is 6.07 Å². The first-order valence-corrected chi connectivity index (χ1v) is 9.08. The van der Waals surface area contributed by atoms with Crippen molar-refractivity contribution < 1.29 is 12.8 Å². The van der Waals surface area contributed by atoms with Gasteiger partial charge in [0, 0.05) is 18.8 Å². The van der Waals surface area contributed by atoms with Crippen molar-refractivity contribution in [3.05, 3.63) is 53.8 Å². The Morgan fingerprint density at radius 3 is 2.52 bits per heavy atom. The summed E-state index contributed by atoms with van der Waals surface area (Å²) in [6, 6.07) is 11.1. The van der Waals surface area contributed by atoms with E-state index in [0.717, 1.165) is 31.6 Å². The molecule has 1 heterocycles. The lowest BCUT2D eigenvalue weighted by atomic mass is 10.2. The van der Waals surface area contributed by atoms with Crippen LogP contribution in [0.2, 0.25) is 0 Å². The van der Waals surface area contributed by atoms with Gasteiger partial charge in [-0.05, 0) is 61.7 Å². The quantitative estimate of drug-likeness (QED) is 0.930. The normalized spacial score (nSPS) is 15.0. The zero-order chi connectivity index (χ0) is 16.4. The highest BCUT2D eigenvalue weighted by atomic mass is 32.2. The predicted octanol–water partition coefficient (Wildman–Crippen LogP) is 3.54. The number of sulfonamides is 1. The Hall–Kier alpha value is -2.08. The van der Waals surface area contributed by atoms with Crippen LogP contribution in [0.4, 0.5) is 15.8 Å². The molecule has 0 amide bonds. The van der Waals surface area contributed by atoms with Gasteiger partial charge in [-0.3, -0.25) is 4.72 Å². The first-order valence-electron chi connectivity index (χ1n) is 7.60. The molecule has 1 fully saturated rings. The van der Waals surface area contributed by atoms with Crippen LogP contribution in [0, 0.1) is 12.7 Å². The third-order valence-electron chi connectivity index (χ3n) is 4.01. The molecule has 0 spiro atoms. The van der Waals surface area contributed by atoms with Crippen molar-refractivity contribution >= 4 is 21.4 Å². The highest BCUT2D eigenvalue weighted by Gasteiger charge is 2.17. The average Bonchev–Trinajstić information content (AvgIpc) is 3.04. The maximum atomic E-state index is 13.3. The third-order valence-corrected chi connectivity index (χ3v) is 5.39. The molecule has 1 N–H and O–H groups in total. The van der Waals surface area contributed by atoms with Gasteiger partial charge in [0.2, 0.25) is 0 Å². The van der Waals surface area contributed by atoms with E-state index in [9.17, 15) is 12.8 Å². The lowest BCUT2D eigenvalue weighted by Gasteiger charge is -2.18. The molecular weight excluding hydrogens is 315 g/mol. The molecule has 6 heteroatoms. The van der Waals surface area contributed by atoms with Crippen LogP contribution in [0.1, 0.15) is 18.4 Å². The largest absolute Gasteiger partial charge is 0.371 e. The lowest BCUT2D eigenvalue weighted by molar-refractivity contribution is 0.598. The summed E-state index contributed by atoms with van der Waals surface area (Å²) in [5, 5.41) is 0. The summed E-state index contributed by atoms with van der Waals surface area (Å²) >= 11 is 0. The van der Waals surface area contributed by atoms with Crippen LogP contribution in [0.3, 0.4) is 0 Å². The maximum absolute atomic E-state index is 13.3. The fourth-order valence-corrected chi connectivity index (χ4v) is 3.87. The Morgan fingerprint density at radius 2 is 1.83 bits per heavy atom. The number of hydrogen-bond donors (Lipinski definition) is 1. The number of anilines is 2. The van der Waals surface area contributed by atoms with Gasteiger partial charge in [0.25, 0.3) is 10.0 Å². The lowest BCUT2D eigenvalue weighted by Crippen LogP contribution is -2.18. The number of rotatable bonds is 4. The zero-order valence-corrected chi connectivity index (χ0v) is 13.7. The Kier molecular flexibility index (Phi) is 4.26. The fraction of sp³-hybridized carbons (Fsp3) is 0.294. The highest BCUT2D eigenvalue weighted by Crippen LogP contribution is 2.25. The summed E-state index contributed by atoms with van der Waals surface area (Å²) < 4.78 is 40.8. The fourth-order valence-electron chi connectivity index (χ4n) is 2.74. The molecule has 1 aliphatic heterocycles. The second kappa shape index (κ2) is 6.20. The van der Waals surface area contributed by atoms with Gasteiger partial charge < -0.3 is 4.90 Å². The van der Waals surface area contributed by atoms with Crippen molar-refractivity contribution in [3.8, 4) is 0 Å². The standard InChI is InChI=1S/C17H19FN2O2S/c1-13-11-16(7-8-17(13)18)23(21,22)19-14-5-4-6-15(12-14)20-9-2-3-10-20/h4-8,11-12,19H,2-3,9-10H2,1H3. The molecular formula is C17H19FN2O2S. The van der Waals surface area contributed by atoms with E-state index in [1.54, 1.807) is 13.0 Å². The van der Waals surface area contributed by atoms with Crippen LogP contribution in [-0.2, 0) is 10.0 Å². The Balaban J connectivity index is 1.85. The molecule has 0 saturated carbocycles. The van der Waals surface area contributed by atoms with E-state index in [1.807, 2.05) is 18.2 Å². The van der Waals surface area contributed by atoms with Gasteiger partial charge >= 0.3 is 0 Å². The molecule has 1 saturated heterocycles. The summed E-state index contributed by atoms with van der Waals surface area (Å²) in [5.74, 6) is -0.417. The van der Waals surface area contributed by atoms with Crippen LogP contribution in [0.5, 0.6) is 0 Å². The first-order chi connectivity index (χ1) is 11.0. The van der Waals surface area contributed by atoms with E-state index in [0.29, 0.717) is 11.3 Å². The van der Waals surface area contributed by atoms with Crippen LogP contribution in [0.25, 0.3) is 0 Å². The van der Waals surface area contributed by atoms with E-state index < -0.39 is 15.8 Å². The molecule has 0 unspecified atom stereocenters. The molecule has 4 nitrogen and oxygen atoms in total. The third kappa shape index (κ3) is 3.47. The molecule has 23 heavy (non-hydrogen) atoms. The van der Waals surface area contributed by atoms with Crippen molar-refractivity contribution in [1.29, 1.82) is 0 Å². The Morgan fingerprint density at radius 1 is 1.09 bits per heavy atom. The Bertz CT molecular complexity index is 815. The van der Waals surface area contributed by atoms with Crippen LogP contribution < -0.4 is 9.62 Å². The predicted molar refractivity (Wildman–Crippen MR) is 89.8 cm³/mol. The summed E-state index contributed by atoms with van der Waals surface area (Å²) in [6.45, 7) is 3.53. The van der Waals surface area contributed by atoms with Crippen molar-refractivity contribution in [2.75, 3.05) is 22.7 Å². The average molecular weight is 334 g/mol. The van der Waals surface area contributed by atoms with Crippen LogP contribution >= 0.6 is 0 Å². The number of aryl methyl sites for hydroxylation is 1. The molecule has 0 bridgehead atoms. The minimum atomic E-state index is -3.73. The molecule has 0 aromatic heterocycles. The monoisotopic (exact) mass is 334 g/mol. The molecule has 0 aliphatic carbocycles. The summed E-state index contributed by atoms with van der Waals surface area (Å²) in [6.07, 6.45) is 2.32. The smallest absolute Gasteiger partial charge is 0.261 e. The number of nitrogens with one attached hydrogen (secondary N) is 1. The molecule has 2 aromatic rings.